The number of carbonyl (C=O) groups excluding carboxylic acids is 1. The van der Waals surface area contributed by atoms with E-state index in [0.717, 1.165) is 36.4 Å². The molecule has 0 unspecified atom stereocenters. The summed E-state index contributed by atoms with van der Waals surface area (Å²) in [5, 5.41) is 0. The number of rotatable bonds is 1. The van der Waals surface area contributed by atoms with Gasteiger partial charge in [0, 0.05) is 31.5 Å². The summed E-state index contributed by atoms with van der Waals surface area (Å²) in [7, 11) is 1.86. The molecule has 0 spiro atoms. The van der Waals surface area contributed by atoms with Crippen molar-refractivity contribution in [1.82, 2.24) is 4.90 Å². The number of nitrogens with two attached hydrogens (primary N) is 1. The third kappa shape index (κ3) is 2.52. The number of amides is 1. The molecule has 0 radical (unpaired) electrons. The largest absolute Gasteiger partial charge is 0.399 e. The SMILES string of the molecule is Cc1cc(N2CCCN(C)C(=O)C2)ccc1N. The van der Waals surface area contributed by atoms with Crippen LogP contribution < -0.4 is 10.6 Å². The normalized spacial score (nSPS) is 17.2. The number of nitrogen functional groups attached to an aromatic ring is 1. The molecule has 1 heterocycles. The van der Waals surface area contributed by atoms with E-state index in [1.54, 1.807) is 4.90 Å². The summed E-state index contributed by atoms with van der Waals surface area (Å²) >= 11 is 0. The Morgan fingerprint density at radius 1 is 1.29 bits per heavy atom. The van der Waals surface area contributed by atoms with Crippen LogP contribution in [0.1, 0.15) is 12.0 Å². The Kier molecular flexibility index (Phi) is 3.22. The Balaban J connectivity index is 2.21. The van der Waals surface area contributed by atoms with Gasteiger partial charge in [0.05, 0.1) is 6.54 Å². The van der Waals surface area contributed by atoms with Crippen LogP contribution in [0.3, 0.4) is 0 Å². The van der Waals surface area contributed by atoms with Gasteiger partial charge in [0.2, 0.25) is 5.91 Å². The molecule has 0 bridgehead atoms. The molecule has 4 heteroatoms. The first-order chi connectivity index (χ1) is 8.08. The fraction of sp³-hybridized carbons (Fsp3) is 0.462. The van der Waals surface area contributed by atoms with Gasteiger partial charge in [-0.15, -0.1) is 0 Å². The summed E-state index contributed by atoms with van der Waals surface area (Å²) in [4.78, 5) is 15.7. The predicted molar refractivity (Wildman–Crippen MR) is 70.1 cm³/mol. The standard InChI is InChI=1S/C13H19N3O/c1-10-8-11(4-5-12(10)14)16-7-3-6-15(2)13(17)9-16/h4-5,8H,3,6-7,9,14H2,1-2H3. The predicted octanol–water partition coefficient (Wildman–Crippen LogP) is 1.25. The van der Waals surface area contributed by atoms with Crippen LogP contribution in [0.2, 0.25) is 0 Å². The Hall–Kier alpha value is -1.71. The van der Waals surface area contributed by atoms with Gasteiger partial charge >= 0.3 is 0 Å². The van der Waals surface area contributed by atoms with Crippen LogP contribution in [0, 0.1) is 6.92 Å². The van der Waals surface area contributed by atoms with Crippen LogP contribution in [-0.2, 0) is 4.79 Å². The van der Waals surface area contributed by atoms with Crippen molar-refractivity contribution in [3.05, 3.63) is 23.8 Å². The molecule has 1 saturated heterocycles. The number of aryl methyl sites for hydroxylation is 1. The second kappa shape index (κ2) is 4.65. The summed E-state index contributed by atoms with van der Waals surface area (Å²) in [6.45, 7) is 4.20. The van der Waals surface area contributed by atoms with Gasteiger partial charge in [0.25, 0.3) is 0 Å². The van der Waals surface area contributed by atoms with E-state index in [2.05, 4.69) is 4.90 Å². The van der Waals surface area contributed by atoms with Crippen molar-refractivity contribution in [3.63, 3.8) is 0 Å². The Bertz CT molecular complexity index is 431. The number of nitrogens with zero attached hydrogens (tertiary/aromatic N) is 2. The molecule has 1 aliphatic rings. The molecule has 1 aliphatic heterocycles. The van der Waals surface area contributed by atoms with E-state index in [1.807, 2.05) is 32.2 Å². The minimum Gasteiger partial charge on any atom is -0.399 e. The Morgan fingerprint density at radius 2 is 2.06 bits per heavy atom. The van der Waals surface area contributed by atoms with E-state index in [0.29, 0.717) is 6.54 Å². The number of benzene rings is 1. The number of anilines is 2. The molecule has 2 N–H and O–H groups in total. The second-order valence-electron chi connectivity index (χ2n) is 4.63. The van der Waals surface area contributed by atoms with E-state index < -0.39 is 0 Å². The quantitative estimate of drug-likeness (QED) is 0.743. The van der Waals surface area contributed by atoms with Crippen LogP contribution in [-0.4, -0.2) is 37.5 Å². The van der Waals surface area contributed by atoms with Crippen molar-refractivity contribution in [2.45, 2.75) is 13.3 Å². The lowest BCUT2D eigenvalue weighted by Gasteiger charge is -2.22. The van der Waals surface area contributed by atoms with Gasteiger partial charge in [-0.1, -0.05) is 0 Å². The van der Waals surface area contributed by atoms with Crippen molar-refractivity contribution in [1.29, 1.82) is 0 Å². The van der Waals surface area contributed by atoms with Crippen molar-refractivity contribution < 1.29 is 4.79 Å². The third-order valence-electron chi connectivity index (χ3n) is 3.29. The molecule has 2 rings (SSSR count). The number of hydrogen-bond donors (Lipinski definition) is 1. The summed E-state index contributed by atoms with van der Waals surface area (Å²) in [5.74, 6) is 0.178. The van der Waals surface area contributed by atoms with E-state index >= 15 is 0 Å². The number of hydrogen-bond acceptors (Lipinski definition) is 3. The van der Waals surface area contributed by atoms with Crippen molar-refractivity contribution in [2.24, 2.45) is 0 Å². The fourth-order valence-electron chi connectivity index (χ4n) is 2.06. The molecular weight excluding hydrogens is 214 g/mol. The lowest BCUT2D eigenvalue weighted by molar-refractivity contribution is -0.127. The minimum atomic E-state index is 0.178. The van der Waals surface area contributed by atoms with Crippen molar-refractivity contribution in [3.8, 4) is 0 Å². The first-order valence-electron chi connectivity index (χ1n) is 5.93. The average molecular weight is 233 g/mol. The fourth-order valence-corrected chi connectivity index (χ4v) is 2.06. The van der Waals surface area contributed by atoms with E-state index in [1.165, 1.54) is 0 Å². The van der Waals surface area contributed by atoms with E-state index in [9.17, 15) is 4.79 Å². The molecule has 0 aliphatic carbocycles. The van der Waals surface area contributed by atoms with Crippen LogP contribution in [0.4, 0.5) is 11.4 Å². The third-order valence-corrected chi connectivity index (χ3v) is 3.29. The lowest BCUT2D eigenvalue weighted by Crippen LogP contribution is -2.34. The van der Waals surface area contributed by atoms with Crippen LogP contribution in [0.25, 0.3) is 0 Å². The first-order valence-corrected chi connectivity index (χ1v) is 5.93. The smallest absolute Gasteiger partial charge is 0.241 e. The highest BCUT2D eigenvalue weighted by molar-refractivity contribution is 5.82. The molecule has 4 nitrogen and oxygen atoms in total. The van der Waals surface area contributed by atoms with Gasteiger partial charge in [-0.2, -0.15) is 0 Å². The summed E-state index contributed by atoms with van der Waals surface area (Å²) in [6, 6.07) is 5.94. The topological polar surface area (TPSA) is 49.6 Å². The summed E-state index contributed by atoms with van der Waals surface area (Å²) < 4.78 is 0. The zero-order valence-electron chi connectivity index (χ0n) is 10.4. The van der Waals surface area contributed by atoms with Gasteiger partial charge in [-0.25, -0.2) is 0 Å². The number of likely N-dealkylation sites (N-methyl/N-ethyl adjacent to an activating group) is 1. The minimum absolute atomic E-state index is 0.178. The van der Waals surface area contributed by atoms with E-state index in [-0.39, 0.29) is 5.91 Å². The van der Waals surface area contributed by atoms with Crippen LogP contribution in [0.5, 0.6) is 0 Å². The first kappa shape index (κ1) is 11.8. The molecule has 92 valence electrons. The maximum atomic E-state index is 11.8. The van der Waals surface area contributed by atoms with Crippen LogP contribution in [0.15, 0.2) is 18.2 Å². The summed E-state index contributed by atoms with van der Waals surface area (Å²) in [5.41, 5.74) is 8.75. The molecule has 0 saturated carbocycles. The monoisotopic (exact) mass is 233 g/mol. The van der Waals surface area contributed by atoms with Gasteiger partial charge in [0.1, 0.15) is 0 Å². The van der Waals surface area contributed by atoms with Crippen molar-refractivity contribution in [2.75, 3.05) is 37.3 Å². The molecule has 0 atom stereocenters. The molecule has 1 aromatic carbocycles. The highest BCUT2D eigenvalue weighted by Crippen LogP contribution is 2.21. The second-order valence-corrected chi connectivity index (χ2v) is 4.63. The van der Waals surface area contributed by atoms with Crippen molar-refractivity contribution >= 4 is 17.3 Å². The lowest BCUT2D eigenvalue weighted by atomic mass is 10.1. The molecule has 1 aromatic rings. The highest BCUT2D eigenvalue weighted by Gasteiger charge is 2.19. The molecule has 1 fully saturated rings. The zero-order valence-corrected chi connectivity index (χ0v) is 10.4. The maximum Gasteiger partial charge on any atom is 0.241 e. The molecule has 0 aromatic heterocycles. The number of carbonyl (C=O) groups is 1. The van der Waals surface area contributed by atoms with Gasteiger partial charge in [-0.05, 0) is 37.1 Å². The highest BCUT2D eigenvalue weighted by atomic mass is 16.2. The van der Waals surface area contributed by atoms with Crippen LogP contribution >= 0.6 is 0 Å². The Morgan fingerprint density at radius 3 is 2.76 bits per heavy atom. The summed E-state index contributed by atoms with van der Waals surface area (Å²) in [6.07, 6.45) is 1.01. The van der Waals surface area contributed by atoms with Gasteiger partial charge in [0.15, 0.2) is 0 Å². The van der Waals surface area contributed by atoms with Gasteiger partial charge in [-0.3, -0.25) is 4.79 Å². The maximum absolute atomic E-state index is 11.8. The van der Waals surface area contributed by atoms with E-state index in [4.69, 9.17) is 5.73 Å². The average Bonchev–Trinajstić information content (AvgIpc) is 2.46. The zero-order chi connectivity index (χ0) is 12.4. The molecule has 1 amide bonds. The molecule has 17 heavy (non-hydrogen) atoms. The van der Waals surface area contributed by atoms with Gasteiger partial charge < -0.3 is 15.5 Å². The Labute approximate surface area is 102 Å². The molecular formula is C13H19N3O.